The Balaban J connectivity index is 1.50. The third kappa shape index (κ3) is 3.57. The molecule has 5 rings (SSSR count). The van der Waals surface area contributed by atoms with Gasteiger partial charge in [0.25, 0.3) is 0 Å². The number of aromatic amines is 1. The molecule has 0 spiro atoms. The van der Waals surface area contributed by atoms with Crippen LogP contribution in [0, 0.1) is 0 Å². The van der Waals surface area contributed by atoms with E-state index in [1.165, 1.54) is 24.3 Å². The SMILES string of the molecule is OC(c1ccc(Nc2nc(-c3ccc4cn[nH]c4c3)cn3ccnc23)cc1)C(F)(F)F. The fraction of sp³-hybridized carbons (Fsp3) is 0.0952. The van der Waals surface area contributed by atoms with Crippen LogP contribution in [0.2, 0.25) is 0 Å². The van der Waals surface area contributed by atoms with E-state index in [-0.39, 0.29) is 5.56 Å². The first-order chi connectivity index (χ1) is 14.9. The highest BCUT2D eigenvalue weighted by molar-refractivity contribution is 5.83. The minimum Gasteiger partial charge on any atom is -0.379 e. The number of aromatic nitrogens is 5. The highest BCUT2D eigenvalue weighted by Gasteiger charge is 2.39. The largest absolute Gasteiger partial charge is 0.418 e. The molecular formula is C21H15F3N6O. The van der Waals surface area contributed by atoms with Crippen LogP contribution >= 0.6 is 0 Å². The van der Waals surface area contributed by atoms with Crippen molar-refractivity contribution in [3.05, 3.63) is 72.8 Å². The number of hydrogen-bond acceptors (Lipinski definition) is 5. The summed E-state index contributed by atoms with van der Waals surface area (Å²) in [4.78, 5) is 8.97. The summed E-state index contributed by atoms with van der Waals surface area (Å²) >= 11 is 0. The number of anilines is 2. The normalized spacial score (nSPS) is 13.0. The zero-order valence-corrected chi connectivity index (χ0v) is 15.8. The minimum absolute atomic E-state index is 0.237. The van der Waals surface area contributed by atoms with E-state index in [9.17, 15) is 18.3 Å². The first-order valence-electron chi connectivity index (χ1n) is 9.27. The van der Waals surface area contributed by atoms with Gasteiger partial charge in [-0.2, -0.15) is 18.3 Å². The number of benzene rings is 2. The van der Waals surface area contributed by atoms with Gasteiger partial charge in [-0.25, -0.2) is 9.97 Å². The second-order valence-corrected chi connectivity index (χ2v) is 7.00. The number of aliphatic hydroxyl groups excluding tert-OH is 1. The Morgan fingerprint density at radius 2 is 1.90 bits per heavy atom. The number of halogens is 3. The number of hydrogen-bond donors (Lipinski definition) is 3. The number of rotatable bonds is 4. The molecule has 0 fully saturated rings. The fourth-order valence-electron chi connectivity index (χ4n) is 3.33. The van der Waals surface area contributed by atoms with E-state index < -0.39 is 12.3 Å². The van der Waals surface area contributed by atoms with Crippen molar-refractivity contribution in [3.63, 3.8) is 0 Å². The van der Waals surface area contributed by atoms with E-state index in [0.29, 0.717) is 22.8 Å². The van der Waals surface area contributed by atoms with Crippen molar-refractivity contribution in [1.29, 1.82) is 0 Å². The third-order valence-electron chi connectivity index (χ3n) is 4.91. The van der Waals surface area contributed by atoms with Gasteiger partial charge in [0.15, 0.2) is 17.6 Å². The number of imidazole rings is 1. The molecule has 0 saturated heterocycles. The van der Waals surface area contributed by atoms with Gasteiger partial charge in [0, 0.05) is 35.2 Å². The van der Waals surface area contributed by atoms with Crippen LogP contribution in [-0.2, 0) is 0 Å². The molecule has 3 aromatic heterocycles. The summed E-state index contributed by atoms with van der Waals surface area (Å²) in [5, 5.41) is 20.4. The molecule has 3 N–H and O–H groups in total. The van der Waals surface area contributed by atoms with E-state index in [0.717, 1.165) is 16.5 Å². The van der Waals surface area contributed by atoms with Gasteiger partial charge >= 0.3 is 6.18 Å². The van der Waals surface area contributed by atoms with Crippen LogP contribution < -0.4 is 5.32 Å². The Kier molecular flexibility index (Phi) is 4.36. The summed E-state index contributed by atoms with van der Waals surface area (Å²) in [6.45, 7) is 0. The summed E-state index contributed by atoms with van der Waals surface area (Å²) in [6, 6.07) is 11.2. The van der Waals surface area contributed by atoms with Gasteiger partial charge in [0.1, 0.15) is 0 Å². The maximum atomic E-state index is 12.7. The molecule has 7 nitrogen and oxygen atoms in total. The number of aliphatic hydroxyl groups is 1. The summed E-state index contributed by atoms with van der Waals surface area (Å²) < 4.78 is 39.9. The molecule has 0 radical (unpaired) electrons. The zero-order chi connectivity index (χ0) is 21.6. The molecule has 1 unspecified atom stereocenters. The lowest BCUT2D eigenvalue weighted by molar-refractivity contribution is -0.206. The van der Waals surface area contributed by atoms with E-state index in [4.69, 9.17) is 0 Å². The quantitative estimate of drug-likeness (QED) is 0.392. The molecular weight excluding hydrogens is 409 g/mol. The van der Waals surface area contributed by atoms with E-state index in [2.05, 4.69) is 25.5 Å². The molecule has 1 atom stereocenters. The van der Waals surface area contributed by atoms with E-state index >= 15 is 0 Å². The highest BCUT2D eigenvalue weighted by atomic mass is 19.4. The average molecular weight is 424 g/mol. The van der Waals surface area contributed by atoms with Gasteiger partial charge in [-0.05, 0) is 23.8 Å². The van der Waals surface area contributed by atoms with Crippen LogP contribution in [0.5, 0.6) is 0 Å². The average Bonchev–Trinajstić information content (AvgIpc) is 3.41. The Hall–Kier alpha value is -3.92. The van der Waals surface area contributed by atoms with Crippen molar-refractivity contribution in [1.82, 2.24) is 24.6 Å². The lowest BCUT2D eigenvalue weighted by Gasteiger charge is -2.15. The minimum atomic E-state index is -4.72. The van der Waals surface area contributed by atoms with Crippen LogP contribution in [0.4, 0.5) is 24.7 Å². The molecule has 31 heavy (non-hydrogen) atoms. The summed E-state index contributed by atoms with van der Waals surface area (Å²) in [6.07, 6.45) is -0.260. The fourth-order valence-corrected chi connectivity index (χ4v) is 3.33. The molecule has 156 valence electrons. The van der Waals surface area contributed by atoms with Crippen molar-refractivity contribution < 1.29 is 18.3 Å². The molecule has 0 saturated carbocycles. The lowest BCUT2D eigenvalue weighted by Crippen LogP contribution is -2.20. The Bertz CT molecular complexity index is 1370. The second kappa shape index (κ2) is 7.10. The number of alkyl halides is 3. The number of fused-ring (bicyclic) bond motifs is 2. The monoisotopic (exact) mass is 424 g/mol. The van der Waals surface area contributed by atoms with E-state index in [1.54, 1.807) is 18.6 Å². The van der Waals surface area contributed by atoms with Crippen molar-refractivity contribution >= 4 is 28.1 Å². The van der Waals surface area contributed by atoms with Gasteiger partial charge in [-0.3, -0.25) is 5.10 Å². The maximum absolute atomic E-state index is 12.7. The maximum Gasteiger partial charge on any atom is 0.418 e. The van der Waals surface area contributed by atoms with Gasteiger partial charge in [-0.15, -0.1) is 0 Å². The zero-order valence-electron chi connectivity index (χ0n) is 15.8. The third-order valence-corrected chi connectivity index (χ3v) is 4.91. The predicted molar refractivity (Wildman–Crippen MR) is 109 cm³/mol. The van der Waals surface area contributed by atoms with Crippen LogP contribution in [0.1, 0.15) is 11.7 Å². The summed E-state index contributed by atoms with van der Waals surface area (Å²) in [7, 11) is 0. The molecule has 2 aromatic carbocycles. The van der Waals surface area contributed by atoms with Crippen molar-refractivity contribution in [2.24, 2.45) is 0 Å². The van der Waals surface area contributed by atoms with Gasteiger partial charge < -0.3 is 14.8 Å². The molecule has 0 aliphatic carbocycles. The van der Waals surface area contributed by atoms with Crippen LogP contribution in [-0.4, -0.2) is 35.8 Å². The Morgan fingerprint density at radius 1 is 1.10 bits per heavy atom. The van der Waals surface area contributed by atoms with Crippen LogP contribution in [0.15, 0.2) is 67.3 Å². The second-order valence-electron chi connectivity index (χ2n) is 7.00. The standard InChI is InChI=1S/C21H15F3N6O/c22-21(23,24)18(31)12-3-5-15(6-4-12)27-19-20-25-7-8-30(20)11-17(28-19)13-1-2-14-10-26-29-16(14)9-13/h1-11,18,31H,(H,26,29)(H,27,28). The molecule has 0 bridgehead atoms. The summed E-state index contributed by atoms with van der Waals surface area (Å²) in [5.41, 5.74) is 3.24. The van der Waals surface area contributed by atoms with Crippen LogP contribution in [0.25, 0.3) is 27.8 Å². The molecule has 0 aliphatic heterocycles. The topological polar surface area (TPSA) is 91.1 Å². The molecule has 5 aromatic rings. The molecule has 0 amide bonds. The smallest absolute Gasteiger partial charge is 0.379 e. The van der Waals surface area contributed by atoms with Gasteiger partial charge in [0.05, 0.1) is 17.4 Å². The lowest BCUT2D eigenvalue weighted by atomic mass is 10.1. The number of nitrogens with one attached hydrogen (secondary N) is 2. The first-order valence-corrected chi connectivity index (χ1v) is 9.27. The van der Waals surface area contributed by atoms with Crippen molar-refractivity contribution in [3.8, 4) is 11.3 Å². The predicted octanol–water partition coefficient (Wildman–Crippen LogP) is 4.61. The highest BCUT2D eigenvalue weighted by Crippen LogP contribution is 2.33. The summed E-state index contributed by atoms with van der Waals surface area (Å²) in [5.74, 6) is 0.441. The molecule has 3 heterocycles. The van der Waals surface area contributed by atoms with Gasteiger partial charge in [-0.1, -0.05) is 24.3 Å². The Labute approximate surface area is 173 Å². The Morgan fingerprint density at radius 3 is 2.68 bits per heavy atom. The number of H-pyrrole nitrogens is 1. The van der Waals surface area contributed by atoms with Crippen LogP contribution in [0.3, 0.4) is 0 Å². The van der Waals surface area contributed by atoms with E-state index in [1.807, 2.05) is 28.8 Å². The number of nitrogens with zero attached hydrogens (tertiary/aromatic N) is 4. The van der Waals surface area contributed by atoms with Crippen molar-refractivity contribution in [2.45, 2.75) is 12.3 Å². The molecule has 0 aliphatic rings. The van der Waals surface area contributed by atoms with Gasteiger partial charge in [0.2, 0.25) is 0 Å². The van der Waals surface area contributed by atoms with Crippen molar-refractivity contribution in [2.75, 3.05) is 5.32 Å². The molecule has 10 heteroatoms. The first kappa shape index (κ1) is 19.1.